The standard InChI is InChI=1S/C23H22F6N2O.ClH/c1-14(16-10-17(22(24,25)26)12-18(11-16)23(27,28)29)31(2)21(32)19-8-9-30-13-20(19)15-6-4-3-5-7-15;/h3-7,10-12,14,30H,8-9,13H2,1-2H3;1H/t14-;/m0./s1. The molecule has 1 atom stereocenters. The third kappa shape index (κ3) is 6.09. The Morgan fingerprint density at radius 1 is 0.970 bits per heavy atom. The van der Waals surface area contributed by atoms with Crippen molar-refractivity contribution in [3.8, 4) is 0 Å². The number of carbonyl (C=O) groups excluding carboxylic acids is 1. The molecule has 33 heavy (non-hydrogen) atoms. The van der Waals surface area contributed by atoms with Gasteiger partial charge in [0.15, 0.2) is 0 Å². The Kier molecular flexibility index (Phi) is 8.24. The molecular formula is C23H23ClF6N2O. The quantitative estimate of drug-likeness (QED) is 0.522. The Balaban J connectivity index is 0.00000385. The zero-order chi connectivity index (χ0) is 23.7. The first-order valence-electron chi connectivity index (χ1n) is 9.94. The van der Waals surface area contributed by atoms with Crippen LogP contribution in [0.25, 0.3) is 5.57 Å². The Hall–Kier alpha value is -2.52. The Morgan fingerprint density at radius 2 is 1.52 bits per heavy atom. The van der Waals surface area contributed by atoms with E-state index >= 15 is 0 Å². The molecule has 1 aliphatic heterocycles. The van der Waals surface area contributed by atoms with Crippen LogP contribution in [0.2, 0.25) is 0 Å². The highest BCUT2D eigenvalue weighted by Crippen LogP contribution is 2.38. The third-order valence-corrected chi connectivity index (χ3v) is 5.59. The van der Waals surface area contributed by atoms with Crippen molar-refractivity contribution in [3.05, 3.63) is 76.4 Å². The number of halogens is 7. The molecule has 0 aliphatic carbocycles. The first-order valence-corrected chi connectivity index (χ1v) is 9.94. The first-order chi connectivity index (χ1) is 14.9. The van der Waals surface area contributed by atoms with Crippen LogP contribution in [0.3, 0.4) is 0 Å². The molecule has 0 aromatic heterocycles. The number of amides is 1. The van der Waals surface area contributed by atoms with Crippen molar-refractivity contribution in [2.24, 2.45) is 0 Å². The summed E-state index contributed by atoms with van der Waals surface area (Å²) >= 11 is 0. The number of likely N-dealkylation sites (N-methyl/N-ethyl adjacent to an activating group) is 1. The van der Waals surface area contributed by atoms with Crippen LogP contribution in [0.5, 0.6) is 0 Å². The molecule has 0 radical (unpaired) electrons. The minimum Gasteiger partial charge on any atom is -0.335 e. The summed E-state index contributed by atoms with van der Waals surface area (Å²) in [5, 5.41) is 3.19. The second-order valence-corrected chi connectivity index (χ2v) is 7.68. The van der Waals surface area contributed by atoms with Crippen LogP contribution in [0.1, 0.15) is 41.6 Å². The maximum absolute atomic E-state index is 13.3. The number of rotatable bonds is 4. The maximum atomic E-state index is 13.3. The number of nitrogens with zero attached hydrogens (tertiary/aromatic N) is 1. The fourth-order valence-electron chi connectivity index (χ4n) is 3.67. The summed E-state index contributed by atoms with van der Waals surface area (Å²) < 4.78 is 79.4. The van der Waals surface area contributed by atoms with E-state index < -0.39 is 35.4 Å². The molecule has 10 heteroatoms. The molecule has 0 saturated heterocycles. The maximum Gasteiger partial charge on any atom is 0.416 e. The fourth-order valence-corrected chi connectivity index (χ4v) is 3.67. The van der Waals surface area contributed by atoms with Gasteiger partial charge in [-0.1, -0.05) is 30.3 Å². The minimum atomic E-state index is -4.95. The van der Waals surface area contributed by atoms with Crippen LogP contribution >= 0.6 is 12.4 Å². The van der Waals surface area contributed by atoms with Gasteiger partial charge < -0.3 is 10.2 Å². The van der Waals surface area contributed by atoms with Gasteiger partial charge in [-0.2, -0.15) is 26.3 Å². The number of benzene rings is 2. The van der Waals surface area contributed by atoms with Gasteiger partial charge in [-0.3, -0.25) is 4.79 Å². The number of carbonyl (C=O) groups is 1. The van der Waals surface area contributed by atoms with Crippen LogP contribution in [-0.4, -0.2) is 30.9 Å². The Morgan fingerprint density at radius 3 is 2.03 bits per heavy atom. The molecule has 0 fully saturated rings. The molecule has 3 nitrogen and oxygen atoms in total. The average Bonchev–Trinajstić information content (AvgIpc) is 2.76. The van der Waals surface area contributed by atoms with Gasteiger partial charge in [0.2, 0.25) is 5.91 Å². The molecule has 180 valence electrons. The second kappa shape index (κ2) is 10.2. The van der Waals surface area contributed by atoms with Crippen LogP contribution in [0.4, 0.5) is 26.3 Å². The van der Waals surface area contributed by atoms with Crippen molar-refractivity contribution >= 4 is 23.9 Å². The molecule has 1 heterocycles. The summed E-state index contributed by atoms with van der Waals surface area (Å²) in [5.74, 6) is -0.427. The van der Waals surface area contributed by atoms with Crippen LogP contribution in [0, 0.1) is 0 Å². The topological polar surface area (TPSA) is 32.3 Å². The minimum absolute atomic E-state index is 0. The normalized spacial score (nSPS) is 15.6. The lowest BCUT2D eigenvalue weighted by Gasteiger charge is -2.30. The lowest BCUT2D eigenvalue weighted by atomic mass is 9.93. The van der Waals surface area contributed by atoms with Crippen LogP contribution < -0.4 is 5.32 Å². The van der Waals surface area contributed by atoms with Crippen molar-refractivity contribution in [1.29, 1.82) is 0 Å². The predicted molar refractivity (Wildman–Crippen MR) is 116 cm³/mol. The average molecular weight is 493 g/mol. The van der Waals surface area contributed by atoms with Gasteiger partial charge in [0.1, 0.15) is 0 Å². The summed E-state index contributed by atoms with van der Waals surface area (Å²) in [7, 11) is 1.39. The van der Waals surface area contributed by atoms with Crippen LogP contribution in [0.15, 0.2) is 54.1 Å². The highest BCUT2D eigenvalue weighted by molar-refractivity contribution is 6.02. The Bertz CT molecular complexity index is 986. The molecule has 0 bridgehead atoms. The number of alkyl halides is 6. The van der Waals surface area contributed by atoms with Gasteiger partial charge in [-0.25, -0.2) is 0 Å². The van der Waals surface area contributed by atoms with Crippen molar-refractivity contribution in [2.45, 2.75) is 31.7 Å². The number of hydrogen-bond acceptors (Lipinski definition) is 2. The van der Waals surface area contributed by atoms with Gasteiger partial charge in [0, 0.05) is 19.2 Å². The zero-order valence-electron chi connectivity index (χ0n) is 17.8. The monoisotopic (exact) mass is 492 g/mol. The molecule has 2 aromatic rings. The van der Waals surface area contributed by atoms with E-state index in [1.54, 1.807) is 0 Å². The van der Waals surface area contributed by atoms with Crippen molar-refractivity contribution in [3.63, 3.8) is 0 Å². The van der Waals surface area contributed by atoms with E-state index in [4.69, 9.17) is 0 Å². The molecule has 3 rings (SSSR count). The van der Waals surface area contributed by atoms with Gasteiger partial charge in [-0.05, 0) is 54.8 Å². The largest absolute Gasteiger partial charge is 0.416 e. The summed E-state index contributed by atoms with van der Waals surface area (Å²) in [6.07, 6.45) is -9.50. The van der Waals surface area contributed by atoms with Gasteiger partial charge in [-0.15, -0.1) is 12.4 Å². The SMILES string of the molecule is C[C@@H](c1cc(C(F)(F)F)cc(C(F)(F)F)c1)N(C)C(=O)C1=C(c2ccccc2)CNCC1.Cl. The fraction of sp³-hybridized carbons (Fsp3) is 0.348. The third-order valence-electron chi connectivity index (χ3n) is 5.59. The van der Waals surface area contributed by atoms with E-state index in [9.17, 15) is 31.1 Å². The summed E-state index contributed by atoms with van der Waals surface area (Å²) in [6, 6.07) is 9.59. The van der Waals surface area contributed by atoms with E-state index in [0.717, 1.165) is 11.1 Å². The van der Waals surface area contributed by atoms with Crippen molar-refractivity contribution in [1.82, 2.24) is 10.2 Å². The summed E-state index contributed by atoms with van der Waals surface area (Å²) in [5.41, 5.74) is -0.947. The second-order valence-electron chi connectivity index (χ2n) is 7.68. The lowest BCUT2D eigenvalue weighted by Crippen LogP contribution is -2.35. The summed E-state index contributed by atoms with van der Waals surface area (Å²) in [6.45, 7) is 2.40. The molecule has 1 N–H and O–H groups in total. The molecule has 2 aromatic carbocycles. The lowest BCUT2D eigenvalue weighted by molar-refractivity contribution is -0.143. The van der Waals surface area contributed by atoms with Crippen molar-refractivity contribution < 1.29 is 31.1 Å². The van der Waals surface area contributed by atoms with E-state index in [2.05, 4.69) is 5.32 Å². The highest BCUT2D eigenvalue weighted by atomic mass is 35.5. The predicted octanol–water partition coefficient (Wildman–Crippen LogP) is 6.11. The van der Waals surface area contributed by atoms with Gasteiger partial charge in [0.05, 0.1) is 17.2 Å². The molecular weight excluding hydrogens is 470 g/mol. The van der Waals surface area contributed by atoms with E-state index in [0.29, 0.717) is 37.2 Å². The number of hydrogen-bond donors (Lipinski definition) is 1. The van der Waals surface area contributed by atoms with Gasteiger partial charge >= 0.3 is 12.4 Å². The number of nitrogens with one attached hydrogen (secondary N) is 1. The molecule has 1 aliphatic rings. The molecule has 0 unspecified atom stereocenters. The highest BCUT2D eigenvalue weighted by Gasteiger charge is 2.38. The van der Waals surface area contributed by atoms with E-state index in [1.165, 1.54) is 18.9 Å². The van der Waals surface area contributed by atoms with Crippen LogP contribution in [-0.2, 0) is 17.1 Å². The summed E-state index contributed by atoms with van der Waals surface area (Å²) in [4.78, 5) is 14.4. The molecule has 0 saturated carbocycles. The van der Waals surface area contributed by atoms with Crippen molar-refractivity contribution in [2.75, 3.05) is 20.1 Å². The van der Waals surface area contributed by atoms with E-state index in [-0.39, 0.29) is 24.0 Å². The molecule has 0 spiro atoms. The van der Waals surface area contributed by atoms with E-state index in [1.807, 2.05) is 30.3 Å². The zero-order valence-corrected chi connectivity index (χ0v) is 18.7. The van der Waals surface area contributed by atoms with Gasteiger partial charge in [0.25, 0.3) is 0 Å². The smallest absolute Gasteiger partial charge is 0.335 e. The molecule has 1 amide bonds. The first kappa shape index (κ1) is 26.7. The Labute approximate surface area is 193 Å².